The molecule has 0 spiro atoms. The van der Waals surface area contributed by atoms with Crippen LogP contribution in [0.1, 0.15) is 36.6 Å². The second-order valence-corrected chi connectivity index (χ2v) is 10.2. The Kier molecular flexibility index (Phi) is 4.68. The Morgan fingerprint density at radius 3 is 2.68 bits per heavy atom. The predicted octanol–water partition coefficient (Wildman–Crippen LogP) is 6.52. The molecule has 4 aromatic heterocycles. The van der Waals surface area contributed by atoms with Crippen LogP contribution in [-0.2, 0) is 0 Å². The molecule has 0 bridgehead atoms. The third-order valence-corrected chi connectivity index (χ3v) is 7.88. The van der Waals surface area contributed by atoms with E-state index in [1.807, 2.05) is 35.9 Å². The minimum Gasteiger partial charge on any atom is -0.371 e. The Balaban J connectivity index is 1.37. The summed E-state index contributed by atoms with van der Waals surface area (Å²) in [6.07, 6.45) is 10.5. The fraction of sp³-hybridized carbons (Fsp3) is 0.259. The topological polar surface area (TPSA) is 66.8 Å². The maximum absolute atomic E-state index is 5.09. The van der Waals surface area contributed by atoms with E-state index in [9.17, 15) is 0 Å². The third kappa shape index (κ3) is 3.56. The molecular weight excluding hydrogens is 440 g/mol. The average molecular weight is 465 g/mol. The van der Waals surface area contributed by atoms with E-state index in [1.54, 1.807) is 6.20 Å². The maximum Gasteiger partial charge on any atom is 0.142 e. The molecule has 1 aliphatic heterocycles. The summed E-state index contributed by atoms with van der Waals surface area (Å²) in [7, 11) is 0. The van der Waals surface area contributed by atoms with Crippen LogP contribution in [0.2, 0.25) is 0 Å². The molecule has 6 nitrogen and oxygen atoms in total. The number of fused-ring (bicyclic) bond motifs is 2. The summed E-state index contributed by atoms with van der Waals surface area (Å²) in [6.45, 7) is 2.14. The molecule has 5 heterocycles. The van der Waals surface area contributed by atoms with Crippen molar-refractivity contribution in [2.75, 3.05) is 23.3 Å². The van der Waals surface area contributed by atoms with Gasteiger partial charge in [0.05, 0.1) is 37.5 Å². The molecule has 1 aliphatic carbocycles. The molecule has 34 heavy (non-hydrogen) atoms. The van der Waals surface area contributed by atoms with E-state index in [0.29, 0.717) is 5.92 Å². The first-order chi connectivity index (χ1) is 16.8. The van der Waals surface area contributed by atoms with E-state index in [0.717, 1.165) is 52.3 Å². The van der Waals surface area contributed by atoms with Gasteiger partial charge in [0.15, 0.2) is 0 Å². The molecule has 1 N–H and O–H groups in total. The van der Waals surface area contributed by atoms with Crippen molar-refractivity contribution in [3.05, 3.63) is 66.1 Å². The first-order valence-electron chi connectivity index (χ1n) is 11.9. The molecule has 1 saturated carbocycles. The lowest BCUT2D eigenvalue weighted by Gasteiger charge is -2.21. The lowest BCUT2D eigenvalue weighted by molar-refractivity contribution is 0.949. The van der Waals surface area contributed by atoms with E-state index in [2.05, 4.69) is 45.5 Å². The van der Waals surface area contributed by atoms with Crippen LogP contribution >= 0.6 is 11.3 Å². The number of nitrogens with one attached hydrogen (secondary N) is 1. The summed E-state index contributed by atoms with van der Waals surface area (Å²) < 4.78 is 1.22. The highest BCUT2D eigenvalue weighted by Crippen LogP contribution is 2.44. The van der Waals surface area contributed by atoms with Crippen molar-refractivity contribution in [1.29, 1.82) is 0 Å². The minimum atomic E-state index is 0.671. The van der Waals surface area contributed by atoms with E-state index in [-0.39, 0.29) is 0 Å². The largest absolute Gasteiger partial charge is 0.371 e. The van der Waals surface area contributed by atoms with Crippen LogP contribution in [0.15, 0.2) is 61.1 Å². The zero-order valence-electron chi connectivity index (χ0n) is 18.7. The Morgan fingerprint density at radius 2 is 1.85 bits per heavy atom. The van der Waals surface area contributed by atoms with Gasteiger partial charge in [0, 0.05) is 48.8 Å². The monoisotopic (exact) mass is 464 g/mol. The average Bonchev–Trinajstić information content (AvgIpc) is 3.41. The maximum atomic E-state index is 5.09. The Bertz CT molecular complexity index is 1500. The second-order valence-electron chi connectivity index (χ2n) is 9.15. The molecular formula is C27H24N6S. The third-order valence-electron chi connectivity index (χ3n) is 6.70. The number of thiazole rings is 1. The van der Waals surface area contributed by atoms with Crippen LogP contribution in [0.5, 0.6) is 0 Å². The number of benzene rings is 1. The van der Waals surface area contributed by atoms with Crippen molar-refractivity contribution in [2.45, 2.75) is 31.6 Å². The molecule has 2 fully saturated rings. The molecule has 7 heteroatoms. The summed E-state index contributed by atoms with van der Waals surface area (Å²) in [5.41, 5.74) is 6.09. The van der Waals surface area contributed by atoms with Crippen LogP contribution in [0.3, 0.4) is 0 Å². The number of aromatic nitrogens is 4. The fourth-order valence-corrected chi connectivity index (χ4v) is 5.97. The van der Waals surface area contributed by atoms with Crippen molar-refractivity contribution in [3.8, 4) is 11.3 Å². The molecule has 7 rings (SSSR count). The van der Waals surface area contributed by atoms with E-state index in [4.69, 9.17) is 15.0 Å². The molecule has 168 valence electrons. The van der Waals surface area contributed by atoms with Gasteiger partial charge in [-0.25, -0.2) is 9.97 Å². The van der Waals surface area contributed by atoms with E-state index >= 15 is 0 Å². The second kappa shape index (κ2) is 8.02. The van der Waals surface area contributed by atoms with Crippen LogP contribution < -0.4 is 10.2 Å². The van der Waals surface area contributed by atoms with Gasteiger partial charge in [0.2, 0.25) is 0 Å². The van der Waals surface area contributed by atoms with Crippen molar-refractivity contribution < 1.29 is 0 Å². The zero-order valence-corrected chi connectivity index (χ0v) is 19.6. The summed E-state index contributed by atoms with van der Waals surface area (Å²) in [5, 5.41) is 5.99. The van der Waals surface area contributed by atoms with Gasteiger partial charge >= 0.3 is 0 Å². The molecule has 2 aliphatic rings. The molecule has 5 aromatic rings. The number of nitrogens with zero attached hydrogens (tertiary/aromatic N) is 5. The summed E-state index contributed by atoms with van der Waals surface area (Å²) >= 11 is 1.82. The van der Waals surface area contributed by atoms with E-state index in [1.165, 1.54) is 41.1 Å². The standard InChI is InChI=1S/C27H24N6S/c1-2-13-33(12-1)23-9-11-29-22-15-21(18-4-3-10-28-16-18)31-26(25(22)23)30-19-7-8-20-24(14-19)34-27(32-20)17-5-6-17/h3-4,7-11,14-17H,1-2,5-6,12-13H2,(H,30,31). The first-order valence-corrected chi connectivity index (χ1v) is 12.8. The van der Waals surface area contributed by atoms with Gasteiger partial charge < -0.3 is 10.2 Å². The fourth-order valence-electron chi connectivity index (χ4n) is 4.79. The Morgan fingerprint density at radius 1 is 0.941 bits per heavy atom. The first kappa shape index (κ1) is 19.9. The van der Waals surface area contributed by atoms with Crippen LogP contribution in [-0.4, -0.2) is 33.0 Å². The summed E-state index contributed by atoms with van der Waals surface area (Å²) in [5.74, 6) is 1.50. The number of pyridine rings is 3. The molecule has 1 aromatic carbocycles. The van der Waals surface area contributed by atoms with Gasteiger partial charge in [-0.1, -0.05) is 0 Å². The van der Waals surface area contributed by atoms with Crippen LogP contribution in [0, 0.1) is 0 Å². The molecule has 0 radical (unpaired) electrons. The highest BCUT2D eigenvalue weighted by molar-refractivity contribution is 7.18. The highest BCUT2D eigenvalue weighted by Gasteiger charge is 2.27. The van der Waals surface area contributed by atoms with Gasteiger partial charge in [-0.2, -0.15) is 0 Å². The SMILES string of the molecule is c1cncc(-c2cc3nccc(N4CCCC4)c3c(Nc3ccc4nc(C5CC5)sc4c3)n2)c1. The van der Waals surface area contributed by atoms with Gasteiger partial charge in [-0.05, 0) is 68.1 Å². The zero-order chi connectivity index (χ0) is 22.5. The van der Waals surface area contributed by atoms with Crippen molar-refractivity contribution in [1.82, 2.24) is 19.9 Å². The van der Waals surface area contributed by atoms with Crippen molar-refractivity contribution in [2.24, 2.45) is 0 Å². The molecule has 1 saturated heterocycles. The van der Waals surface area contributed by atoms with Gasteiger partial charge in [-0.3, -0.25) is 9.97 Å². The van der Waals surface area contributed by atoms with Crippen molar-refractivity contribution >= 4 is 49.6 Å². The Hall–Kier alpha value is -3.58. The molecule has 0 amide bonds. The minimum absolute atomic E-state index is 0.671. The van der Waals surface area contributed by atoms with Gasteiger partial charge in [0.1, 0.15) is 5.82 Å². The lowest BCUT2D eigenvalue weighted by atomic mass is 10.1. The lowest BCUT2D eigenvalue weighted by Crippen LogP contribution is -2.18. The van der Waals surface area contributed by atoms with Gasteiger partial charge in [0.25, 0.3) is 0 Å². The van der Waals surface area contributed by atoms with Crippen molar-refractivity contribution in [3.63, 3.8) is 0 Å². The molecule has 0 atom stereocenters. The number of anilines is 3. The Labute approximate surface area is 201 Å². The summed E-state index contributed by atoms with van der Waals surface area (Å²) in [6, 6.07) is 14.6. The number of rotatable bonds is 5. The summed E-state index contributed by atoms with van der Waals surface area (Å²) in [4.78, 5) is 21.4. The number of hydrogen-bond donors (Lipinski definition) is 1. The van der Waals surface area contributed by atoms with Crippen LogP contribution in [0.25, 0.3) is 32.4 Å². The normalized spacial score (nSPS) is 15.9. The van der Waals surface area contributed by atoms with Gasteiger partial charge in [-0.15, -0.1) is 11.3 Å². The highest BCUT2D eigenvalue weighted by atomic mass is 32.1. The quantitative estimate of drug-likeness (QED) is 0.319. The molecule has 0 unspecified atom stereocenters. The predicted molar refractivity (Wildman–Crippen MR) is 139 cm³/mol. The van der Waals surface area contributed by atoms with E-state index < -0.39 is 0 Å². The number of hydrogen-bond acceptors (Lipinski definition) is 7. The smallest absolute Gasteiger partial charge is 0.142 e. The van der Waals surface area contributed by atoms with Crippen LogP contribution in [0.4, 0.5) is 17.2 Å².